The van der Waals surface area contributed by atoms with Crippen LogP contribution in [0.3, 0.4) is 0 Å². The van der Waals surface area contributed by atoms with Gasteiger partial charge in [-0.25, -0.2) is 4.39 Å². The van der Waals surface area contributed by atoms with Gasteiger partial charge in [-0.2, -0.15) is 4.39 Å². The van der Waals surface area contributed by atoms with Crippen LogP contribution in [-0.4, -0.2) is 6.61 Å². The fraction of sp³-hybridized carbons (Fsp3) is 0.571. The molecule has 2 aromatic carbocycles. The number of ether oxygens (including phenoxy) is 1. The molecule has 0 saturated heterocycles. The van der Waals surface area contributed by atoms with Gasteiger partial charge in [-0.1, -0.05) is 63.8 Å². The van der Waals surface area contributed by atoms with Gasteiger partial charge in [0.05, 0.1) is 0 Å². The molecule has 0 heterocycles. The van der Waals surface area contributed by atoms with Gasteiger partial charge in [0.15, 0.2) is 11.6 Å². The molecule has 0 spiro atoms. The van der Waals surface area contributed by atoms with Gasteiger partial charge in [-0.15, -0.1) is 0 Å². The van der Waals surface area contributed by atoms with Crippen LogP contribution in [0.5, 0.6) is 5.75 Å². The van der Waals surface area contributed by atoms with E-state index >= 15 is 0 Å². The minimum atomic E-state index is -0.906. The summed E-state index contributed by atoms with van der Waals surface area (Å²) in [4.78, 5) is 0. The first kappa shape index (κ1) is 22.3. The molecular formula is C28H36F2O. The van der Waals surface area contributed by atoms with Crippen LogP contribution in [0.25, 0.3) is 10.8 Å². The zero-order valence-electron chi connectivity index (χ0n) is 18.8. The van der Waals surface area contributed by atoms with E-state index in [0.29, 0.717) is 16.7 Å². The summed E-state index contributed by atoms with van der Waals surface area (Å²) in [5.74, 6) is 1.30. The molecule has 1 nitrogen and oxygen atoms in total. The summed E-state index contributed by atoms with van der Waals surface area (Å²) in [6.07, 6.45) is 14.8. The van der Waals surface area contributed by atoms with Crippen LogP contribution in [0.2, 0.25) is 0 Å². The lowest BCUT2D eigenvalue weighted by Gasteiger charge is -2.42. The predicted molar refractivity (Wildman–Crippen MR) is 125 cm³/mol. The number of unbranched alkanes of at least 4 members (excludes halogenated alkanes) is 2. The fourth-order valence-electron chi connectivity index (χ4n) is 6.06. The molecule has 0 aromatic heterocycles. The largest absolute Gasteiger partial charge is 0.486 e. The smallest absolute Gasteiger partial charge is 0.201 e. The van der Waals surface area contributed by atoms with Gasteiger partial charge in [-0.3, -0.25) is 0 Å². The second kappa shape index (κ2) is 10.1. The van der Waals surface area contributed by atoms with Crippen LogP contribution in [0, 0.1) is 29.4 Å². The maximum Gasteiger partial charge on any atom is 0.201 e. The summed E-state index contributed by atoms with van der Waals surface area (Å²) in [6.45, 7) is 6.00. The molecule has 2 aliphatic carbocycles. The highest BCUT2D eigenvalue weighted by Gasteiger charge is 2.35. The normalized spacial score (nSPS) is 25.9. The van der Waals surface area contributed by atoms with Gasteiger partial charge < -0.3 is 4.74 Å². The minimum absolute atomic E-state index is 0.0474. The Morgan fingerprint density at radius 2 is 1.81 bits per heavy atom. The number of benzene rings is 2. The van der Waals surface area contributed by atoms with Gasteiger partial charge >= 0.3 is 0 Å². The molecule has 31 heavy (non-hydrogen) atoms. The van der Waals surface area contributed by atoms with E-state index in [1.54, 1.807) is 6.07 Å². The first-order valence-corrected chi connectivity index (χ1v) is 12.3. The zero-order valence-corrected chi connectivity index (χ0v) is 18.8. The monoisotopic (exact) mass is 426 g/mol. The van der Waals surface area contributed by atoms with E-state index in [0.717, 1.165) is 23.3 Å². The quantitative estimate of drug-likeness (QED) is 0.303. The number of fused-ring (bicyclic) bond motifs is 2. The van der Waals surface area contributed by atoms with Crippen LogP contribution in [0.1, 0.15) is 82.6 Å². The highest BCUT2D eigenvalue weighted by atomic mass is 19.2. The molecule has 2 fully saturated rings. The molecule has 2 aromatic rings. The Kier molecular flexibility index (Phi) is 7.30. The minimum Gasteiger partial charge on any atom is -0.486 e. The van der Waals surface area contributed by atoms with Crippen molar-refractivity contribution in [3.8, 4) is 5.75 Å². The SMILES string of the molecule is C=CCOc1cc2ccc(C3CCC4CC(CCCCC)CCC4C3)cc2c(F)c1F. The molecule has 4 unspecified atom stereocenters. The molecule has 4 atom stereocenters. The van der Waals surface area contributed by atoms with Crippen molar-refractivity contribution in [2.75, 3.05) is 6.61 Å². The highest BCUT2D eigenvalue weighted by molar-refractivity contribution is 5.85. The molecule has 0 N–H and O–H groups in total. The Labute approximate surface area is 185 Å². The van der Waals surface area contributed by atoms with Crippen molar-refractivity contribution < 1.29 is 13.5 Å². The Balaban J connectivity index is 1.45. The van der Waals surface area contributed by atoms with Gasteiger partial charge in [0.2, 0.25) is 5.82 Å². The van der Waals surface area contributed by atoms with Crippen molar-refractivity contribution in [3.05, 3.63) is 54.1 Å². The van der Waals surface area contributed by atoms with Crippen molar-refractivity contribution in [3.63, 3.8) is 0 Å². The van der Waals surface area contributed by atoms with Gasteiger partial charge in [0, 0.05) is 5.39 Å². The van der Waals surface area contributed by atoms with Crippen molar-refractivity contribution in [1.82, 2.24) is 0 Å². The molecule has 168 valence electrons. The highest BCUT2D eigenvalue weighted by Crippen LogP contribution is 2.48. The van der Waals surface area contributed by atoms with Gasteiger partial charge in [0.1, 0.15) is 6.61 Å². The molecule has 0 amide bonds. The second-order valence-electron chi connectivity index (χ2n) is 9.79. The van der Waals surface area contributed by atoms with E-state index in [1.165, 1.54) is 70.3 Å². The average molecular weight is 427 g/mol. The lowest BCUT2D eigenvalue weighted by Crippen LogP contribution is -2.30. The number of halogens is 2. The predicted octanol–water partition coefficient (Wildman–Crippen LogP) is 8.56. The lowest BCUT2D eigenvalue weighted by molar-refractivity contribution is 0.113. The Bertz CT molecular complexity index is 906. The maximum atomic E-state index is 14.8. The number of hydrogen-bond donors (Lipinski definition) is 0. The zero-order chi connectivity index (χ0) is 21.8. The number of rotatable bonds is 8. The first-order valence-electron chi connectivity index (χ1n) is 12.3. The lowest BCUT2D eigenvalue weighted by atomic mass is 9.63. The standard InChI is InChI=1S/C28H36F2O/c1-3-5-6-7-19-8-9-21-16-22(11-10-20(21)15-19)23-12-13-24-18-26(31-14-4-2)28(30)27(29)25(24)17-23/h4,12-13,17-22H,2-3,5-11,14-16H2,1H3. The molecule has 2 aliphatic rings. The number of hydrogen-bond acceptors (Lipinski definition) is 1. The van der Waals surface area contributed by atoms with Gasteiger partial charge in [0.25, 0.3) is 0 Å². The summed E-state index contributed by atoms with van der Waals surface area (Å²) in [5.41, 5.74) is 1.16. The maximum absolute atomic E-state index is 14.8. The topological polar surface area (TPSA) is 9.23 Å². The van der Waals surface area contributed by atoms with Crippen LogP contribution in [-0.2, 0) is 0 Å². The van der Waals surface area contributed by atoms with Crippen molar-refractivity contribution in [2.24, 2.45) is 17.8 Å². The summed E-state index contributed by atoms with van der Waals surface area (Å²) in [7, 11) is 0. The van der Waals surface area contributed by atoms with Gasteiger partial charge in [-0.05, 0) is 78.9 Å². The Morgan fingerprint density at radius 1 is 1.00 bits per heavy atom. The molecule has 4 rings (SSSR count). The van der Waals surface area contributed by atoms with Crippen LogP contribution < -0.4 is 4.74 Å². The average Bonchev–Trinajstić information content (AvgIpc) is 2.80. The molecule has 0 radical (unpaired) electrons. The Morgan fingerprint density at radius 3 is 2.61 bits per heavy atom. The summed E-state index contributed by atoms with van der Waals surface area (Å²) < 4.78 is 34.5. The third-order valence-electron chi connectivity index (χ3n) is 7.78. The first-order chi connectivity index (χ1) is 15.1. The van der Waals surface area contributed by atoms with E-state index in [-0.39, 0.29) is 12.4 Å². The molecule has 0 aliphatic heterocycles. The summed E-state index contributed by atoms with van der Waals surface area (Å²) >= 11 is 0. The van der Waals surface area contributed by atoms with Crippen LogP contribution in [0.4, 0.5) is 8.78 Å². The Hall–Kier alpha value is -1.90. The van der Waals surface area contributed by atoms with Crippen LogP contribution in [0.15, 0.2) is 36.9 Å². The van der Waals surface area contributed by atoms with E-state index < -0.39 is 11.6 Å². The fourth-order valence-corrected chi connectivity index (χ4v) is 6.06. The van der Waals surface area contributed by atoms with E-state index in [4.69, 9.17) is 4.74 Å². The summed E-state index contributed by atoms with van der Waals surface area (Å²) in [5, 5.41) is 1.05. The summed E-state index contributed by atoms with van der Waals surface area (Å²) in [6, 6.07) is 7.51. The molecule has 2 saturated carbocycles. The van der Waals surface area contributed by atoms with Crippen LogP contribution >= 0.6 is 0 Å². The van der Waals surface area contributed by atoms with Crippen molar-refractivity contribution >= 4 is 10.8 Å². The molecule has 0 bridgehead atoms. The van der Waals surface area contributed by atoms with E-state index in [9.17, 15) is 8.78 Å². The second-order valence-corrected chi connectivity index (χ2v) is 9.79. The third kappa shape index (κ3) is 4.96. The van der Waals surface area contributed by atoms with E-state index in [2.05, 4.69) is 19.6 Å². The molecular weight excluding hydrogens is 390 g/mol. The van der Waals surface area contributed by atoms with Crippen molar-refractivity contribution in [2.45, 2.75) is 77.0 Å². The van der Waals surface area contributed by atoms with Crippen molar-refractivity contribution in [1.29, 1.82) is 0 Å². The molecule has 3 heteroatoms. The third-order valence-corrected chi connectivity index (χ3v) is 7.78. The van der Waals surface area contributed by atoms with E-state index in [1.807, 2.05) is 12.1 Å².